The Bertz CT molecular complexity index is 2770. The Hall–Kier alpha value is -5.29. The lowest BCUT2D eigenvalue weighted by molar-refractivity contribution is 0.457. The van der Waals surface area contributed by atoms with Gasteiger partial charge in [-0.25, -0.2) is 0 Å². The van der Waals surface area contributed by atoms with Crippen LogP contribution in [0.3, 0.4) is 0 Å². The van der Waals surface area contributed by atoms with Gasteiger partial charge >= 0.3 is 0 Å². The topological polar surface area (TPSA) is 18.5 Å². The minimum atomic E-state index is -2.10. The number of hydrogen-bond donors (Lipinski definition) is 0. The van der Waals surface area contributed by atoms with E-state index >= 15 is 0 Å². The van der Waals surface area contributed by atoms with Crippen LogP contribution in [-0.4, -0.2) is 8.07 Å². The van der Waals surface area contributed by atoms with E-state index in [1.54, 1.807) is 0 Å². The molecule has 0 saturated carbocycles. The van der Waals surface area contributed by atoms with Gasteiger partial charge in [-0.1, -0.05) is 174 Å². The third kappa shape index (κ3) is 4.18. The first-order valence-corrected chi connectivity index (χ1v) is 22.8. The molecule has 0 bridgehead atoms. The molecule has 0 aromatic heterocycles. The molecule has 2 heterocycles. The van der Waals surface area contributed by atoms with Crippen LogP contribution in [0, 0.1) is 0 Å². The monoisotopic (exact) mass is 732 g/mol. The average Bonchev–Trinajstić information content (AvgIpc) is 3.57. The highest BCUT2D eigenvalue weighted by Crippen LogP contribution is 2.60. The molecule has 4 heteroatoms. The second-order valence-electron chi connectivity index (χ2n) is 16.8. The molecule has 0 N–H and O–H groups in total. The third-order valence-electron chi connectivity index (χ3n) is 12.8. The summed E-state index contributed by atoms with van der Waals surface area (Å²) in [4.78, 5) is 2.31. The lowest BCUT2D eigenvalue weighted by atomic mass is 9.82. The first-order valence-electron chi connectivity index (χ1n) is 19.0. The molecule has 0 amide bonds. The number of rotatable bonds is 2. The van der Waals surface area contributed by atoms with Crippen molar-refractivity contribution in [3.63, 3.8) is 0 Å². The third-order valence-corrected chi connectivity index (χ3v) is 17.4. The first-order chi connectivity index (χ1) is 26.0. The number of fused-ring (bicyclic) bond motifs is 12. The van der Waals surface area contributed by atoms with Crippen molar-refractivity contribution >= 4 is 30.2 Å². The van der Waals surface area contributed by atoms with Crippen LogP contribution in [0.2, 0.25) is 13.1 Å². The van der Waals surface area contributed by atoms with E-state index in [0.29, 0.717) is 0 Å². The number of benzene rings is 7. The Labute approximate surface area is 322 Å². The second-order valence-corrected chi connectivity index (χ2v) is 22.3. The van der Waals surface area contributed by atoms with Gasteiger partial charge in [-0.3, -0.25) is 0 Å². The highest BCUT2D eigenvalue weighted by molar-refractivity contribution is 7.99. The van der Waals surface area contributed by atoms with Crippen molar-refractivity contribution in [1.82, 2.24) is 0 Å². The van der Waals surface area contributed by atoms with Crippen LogP contribution in [0.4, 0.5) is 0 Å². The van der Waals surface area contributed by atoms with Gasteiger partial charge in [0.1, 0.15) is 31.1 Å². The fourth-order valence-corrected chi connectivity index (χ4v) is 13.7. The normalized spacial score (nSPS) is 16.6. The van der Waals surface area contributed by atoms with Crippen molar-refractivity contribution in [3.05, 3.63) is 156 Å². The second kappa shape index (κ2) is 10.9. The van der Waals surface area contributed by atoms with E-state index in [0.717, 1.165) is 50.1 Å². The summed E-state index contributed by atoms with van der Waals surface area (Å²) < 4.78 is 14.2. The largest absolute Gasteiger partial charge is 0.456 e. The Morgan fingerprint density at radius 2 is 0.889 bits per heavy atom. The predicted octanol–water partition coefficient (Wildman–Crippen LogP) is 12.8. The van der Waals surface area contributed by atoms with E-state index < -0.39 is 8.07 Å². The molecular formula is C50H40O2SSi. The summed E-state index contributed by atoms with van der Waals surface area (Å²) in [7, 11) is -2.10. The first kappa shape index (κ1) is 32.2. The highest BCUT2D eigenvalue weighted by atomic mass is 32.2. The molecule has 0 atom stereocenters. The standard InChI is InChI=1S/C50H40O2SSi/c1-49(2)35-17-9-7-13-33(35)43-37(49)25-27-40-47(43)51-45-31(15-11-19-39(45)53-40)29-21-23-30(24-22-29)32-16-12-20-41-46(32)52-48-42(54(41,5)6)28-26-38-44(48)34-14-8-10-18-36(34)50(38,3)4/h7-28H,1-6H3. The van der Waals surface area contributed by atoms with Gasteiger partial charge in [0, 0.05) is 33.1 Å². The summed E-state index contributed by atoms with van der Waals surface area (Å²) >= 11 is 1.81. The van der Waals surface area contributed by atoms with Crippen molar-refractivity contribution in [2.75, 3.05) is 0 Å². The van der Waals surface area contributed by atoms with Crippen molar-refractivity contribution in [2.45, 2.75) is 61.4 Å². The van der Waals surface area contributed by atoms with Gasteiger partial charge in [0.15, 0.2) is 0 Å². The van der Waals surface area contributed by atoms with Crippen LogP contribution >= 0.6 is 11.8 Å². The zero-order chi connectivity index (χ0) is 36.7. The Balaban J connectivity index is 0.988. The molecule has 2 aliphatic carbocycles. The van der Waals surface area contributed by atoms with E-state index in [1.807, 2.05) is 11.8 Å². The molecule has 2 aliphatic heterocycles. The maximum absolute atomic E-state index is 7.20. The van der Waals surface area contributed by atoms with Gasteiger partial charge in [-0.15, -0.1) is 0 Å². The predicted molar refractivity (Wildman–Crippen MR) is 226 cm³/mol. The van der Waals surface area contributed by atoms with Crippen LogP contribution in [-0.2, 0) is 10.8 Å². The Morgan fingerprint density at radius 1 is 0.407 bits per heavy atom. The molecule has 2 nitrogen and oxygen atoms in total. The molecule has 0 radical (unpaired) electrons. The average molecular weight is 733 g/mol. The molecule has 262 valence electrons. The SMILES string of the molecule is CC1(C)c2ccccc2-c2c1ccc1c2Oc2c(cccc2-c2ccc(-c3cccc4c3Oc3c(ccc5c3-c3ccccc3C5(C)C)[Si]4(C)C)cc2)S1. The molecule has 7 aromatic carbocycles. The Morgan fingerprint density at radius 3 is 1.54 bits per heavy atom. The molecule has 0 saturated heterocycles. The fraction of sp³-hybridized carbons (Fsp3) is 0.160. The van der Waals surface area contributed by atoms with Crippen LogP contribution in [0.1, 0.15) is 49.9 Å². The minimum Gasteiger partial charge on any atom is -0.456 e. The molecule has 7 aromatic rings. The van der Waals surface area contributed by atoms with E-state index in [2.05, 4.69) is 174 Å². The van der Waals surface area contributed by atoms with Gasteiger partial charge in [0.05, 0.1) is 9.79 Å². The maximum Gasteiger partial charge on any atom is 0.149 e. The zero-order valence-electron chi connectivity index (χ0n) is 31.4. The molecule has 0 spiro atoms. The zero-order valence-corrected chi connectivity index (χ0v) is 33.2. The quantitative estimate of drug-likeness (QED) is 0.165. The van der Waals surface area contributed by atoms with Crippen molar-refractivity contribution < 1.29 is 9.47 Å². The van der Waals surface area contributed by atoms with E-state index in [9.17, 15) is 0 Å². The molecular weight excluding hydrogens is 693 g/mol. The smallest absolute Gasteiger partial charge is 0.149 e. The molecule has 0 unspecified atom stereocenters. The molecule has 4 aliphatic rings. The molecule has 0 fully saturated rings. The van der Waals surface area contributed by atoms with Gasteiger partial charge in [-0.2, -0.15) is 0 Å². The van der Waals surface area contributed by atoms with Gasteiger partial charge in [0.25, 0.3) is 0 Å². The molecule has 11 rings (SSSR count). The van der Waals surface area contributed by atoms with E-state index in [-0.39, 0.29) is 10.8 Å². The van der Waals surface area contributed by atoms with Crippen LogP contribution in [0.25, 0.3) is 44.5 Å². The lowest BCUT2D eigenvalue weighted by Gasteiger charge is -2.35. The summed E-state index contributed by atoms with van der Waals surface area (Å²) in [5, 5.41) is 2.72. The highest BCUT2D eigenvalue weighted by Gasteiger charge is 2.44. The summed E-state index contributed by atoms with van der Waals surface area (Å²) in [6, 6.07) is 49.2. The number of para-hydroxylation sites is 2. The minimum absolute atomic E-state index is 0.0757. The van der Waals surface area contributed by atoms with Crippen molar-refractivity contribution in [2.24, 2.45) is 0 Å². The summed E-state index contributed by atoms with van der Waals surface area (Å²) in [6.07, 6.45) is 0. The summed E-state index contributed by atoms with van der Waals surface area (Å²) in [6.45, 7) is 14.3. The van der Waals surface area contributed by atoms with Gasteiger partial charge in [-0.05, 0) is 67.0 Å². The van der Waals surface area contributed by atoms with Gasteiger partial charge in [0.2, 0.25) is 0 Å². The molecule has 54 heavy (non-hydrogen) atoms. The number of hydrogen-bond acceptors (Lipinski definition) is 3. The van der Waals surface area contributed by atoms with Crippen molar-refractivity contribution in [1.29, 1.82) is 0 Å². The van der Waals surface area contributed by atoms with E-state index in [1.165, 1.54) is 59.8 Å². The maximum atomic E-state index is 7.20. The van der Waals surface area contributed by atoms with Crippen LogP contribution in [0.15, 0.2) is 143 Å². The van der Waals surface area contributed by atoms with Crippen molar-refractivity contribution in [3.8, 4) is 67.5 Å². The van der Waals surface area contributed by atoms with E-state index in [4.69, 9.17) is 9.47 Å². The van der Waals surface area contributed by atoms with Gasteiger partial charge < -0.3 is 9.47 Å². The summed E-state index contributed by atoms with van der Waals surface area (Å²) in [5.74, 6) is 3.97. The fourth-order valence-electron chi connectivity index (χ4n) is 9.88. The number of ether oxygens (including phenoxy) is 2. The Kier molecular flexibility index (Phi) is 6.49. The van der Waals surface area contributed by atoms with Crippen LogP contribution in [0.5, 0.6) is 23.0 Å². The lowest BCUT2D eigenvalue weighted by Crippen LogP contribution is -2.56. The summed E-state index contributed by atoms with van der Waals surface area (Å²) in [5.41, 5.74) is 14.9. The van der Waals surface area contributed by atoms with Crippen LogP contribution < -0.4 is 19.8 Å².